The van der Waals surface area contributed by atoms with Crippen LogP contribution in [0.1, 0.15) is 25.5 Å². The Hall–Kier alpha value is -1.66. The van der Waals surface area contributed by atoms with Gasteiger partial charge in [-0.3, -0.25) is 9.80 Å². The van der Waals surface area contributed by atoms with Crippen molar-refractivity contribution in [2.75, 3.05) is 28.2 Å². The van der Waals surface area contributed by atoms with Crippen LogP contribution in [0.4, 0.5) is 0 Å². The Kier molecular flexibility index (Phi) is 2.62. The van der Waals surface area contributed by atoms with Crippen molar-refractivity contribution in [3.8, 4) is 0 Å². The van der Waals surface area contributed by atoms with Crippen molar-refractivity contribution in [1.29, 1.82) is 0 Å². The SMILES string of the molecule is CN(C)C1(C)c2nccn2C(C)(N(C)C)c2nccn21. The second kappa shape index (κ2) is 3.93. The molecule has 3 heterocycles. The van der Waals surface area contributed by atoms with E-state index in [4.69, 9.17) is 0 Å². The van der Waals surface area contributed by atoms with Gasteiger partial charge in [0.1, 0.15) is 0 Å². The zero-order valence-corrected chi connectivity index (χ0v) is 13.0. The van der Waals surface area contributed by atoms with E-state index in [0.717, 1.165) is 11.6 Å². The molecule has 0 N–H and O–H groups in total. The van der Waals surface area contributed by atoms with Crippen LogP contribution in [0.15, 0.2) is 24.8 Å². The van der Waals surface area contributed by atoms with E-state index in [0.29, 0.717) is 0 Å². The summed E-state index contributed by atoms with van der Waals surface area (Å²) in [6, 6.07) is 0. The molecule has 0 fully saturated rings. The molecule has 0 saturated heterocycles. The molecule has 6 heteroatoms. The zero-order valence-electron chi connectivity index (χ0n) is 13.0. The van der Waals surface area contributed by atoms with Gasteiger partial charge in [0, 0.05) is 24.8 Å². The van der Waals surface area contributed by atoms with Crippen LogP contribution < -0.4 is 0 Å². The molecule has 0 aromatic carbocycles. The smallest absolute Gasteiger partial charge is 0.155 e. The monoisotopic (exact) mass is 274 g/mol. The lowest BCUT2D eigenvalue weighted by molar-refractivity contribution is 0.0308. The molecule has 0 aliphatic carbocycles. The van der Waals surface area contributed by atoms with Gasteiger partial charge in [-0.1, -0.05) is 0 Å². The van der Waals surface area contributed by atoms with Crippen LogP contribution >= 0.6 is 0 Å². The molecule has 2 aromatic heterocycles. The van der Waals surface area contributed by atoms with E-state index in [1.54, 1.807) is 0 Å². The molecule has 0 radical (unpaired) electrons. The Balaban J connectivity index is 2.38. The summed E-state index contributed by atoms with van der Waals surface area (Å²) in [5, 5.41) is 0. The van der Waals surface area contributed by atoms with Crippen LogP contribution in [0.25, 0.3) is 0 Å². The predicted octanol–water partition coefficient (Wildman–Crippen LogP) is 0.958. The molecule has 0 spiro atoms. The molecular weight excluding hydrogens is 252 g/mol. The maximum Gasteiger partial charge on any atom is 0.155 e. The second-order valence-corrected chi connectivity index (χ2v) is 6.07. The number of aromatic nitrogens is 4. The maximum atomic E-state index is 4.63. The van der Waals surface area contributed by atoms with E-state index in [2.05, 4.69) is 70.9 Å². The Morgan fingerprint density at radius 2 is 1.15 bits per heavy atom. The lowest BCUT2D eigenvalue weighted by Gasteiger charge is -2.49. The molecule has 1 aliphatic rings. The second-order valence-electron chi connectivity index (χ2n) is 6.07. The van der Waals surface area contributed by atoms with Crippen molar-refractivity contribution in [3.63, 3.8) is 0 Å². The third-order valence-electron chi connectivity index (χ3n) is 4.81. The summed E-state index contributed by atoms with van der Waals surface area (Å²) < 4.78 is 4.44. The summed E-state index contributed by atoms with van der Waals surface area (Å²) in [7, 11) is 8.28. The molecule has 0 bridgehead atoms. The molecule has 2 aromatic rings. The normalized spacial score (nSPS) is 28.8. The van der Waals surface area contributed by atoms with Crippen molar-refractivity contribution in [3.05, 3.63) is 36.4 Å². The quantitative estimate of drug-likeness (QED) is 0.818. The fraction of sp³-hybridized carbons (Fsp3) is 0.571. The lowest BCUT2D eigenvalue weighted by Crippen LogP contribution is -2.59. The molecular formula is C14H22N6. The Morgan fingerprint density at radius 3 is 1.45 bits per heavy atom. The van der Waals surface area contributed by atoms with E-state index < -0.39 is 0 Å². The first-order chi connectivity index (χ1) is 9.34. The third-order valence-corrected chi connectivity index (χ3v) is 4.81. The van der Waals surface area contributed by atoms with Gasteiger partial charge >= 0.3 is 0 Å². The van der Waals surface area contributed by atoms with E-state index >= 15 is 0 Å². The van der Waals surface area contributed by atoms with Gasteiger partial charge in [-0.25, -0.2) is 9.97 Å². The van der Waals surface area contributed by atoms with Crippen molar-refractivity contribution >= 4 is 0 Å². The minimum Gasteiger partial charge on any atom is -0.306 e. The van der Waals surface area contributed by atoms with E-state index in [1.807, 2.05) is 24.8 Å². The average Bonchev–Trinajstić information content (AvgIpc) is 3.04. The van der Waals surface area contributed by atoms with Crippen LogP contribution in [-0.2, 0) is 11.3 Å². The minimum absolute atomic E-state index is 0.342. The highest BCUT2D eigenvalue weighted by molar-refractivity contribution is 5.25. The van der Waals surface area contributed by atoms with Gasteiger partial charge in [0.2, 0.25) is 0 Å². The zero-order chi connectivity index (χ0) is 14.7. The number of hydrogen-bond donors (Lipinski definition) is 0. The Bertz CT molecular complexity index is 542. The highest BCUT2D eigenvalue weighted by Gasteiger charge is 2.50. The topological polar surface area (TPSA) is 42.1 Å². The van der Waals surface area contributed by atoms with Gasteiger partial charge in [-0.05, 0) is 42.0 Å². The fourth-order valence-electron chi connectivity index (χ4n) is 3.06. The number of imidazole rings is 2. The van der Waals surface area contributed by atoms with Crippen LogP contribution in [0.2, 0.25) is 0 Å². The number of rotatable bonds is 2. The first-order valence-electron chi connectivity index (χ1n) is 6.78. The number of hydrogen-bond acceptors (Lipinski definition) is 4. The van der Waals surface area contributed by atoms with Gasteiger partial charge in [0.25, 0.3) is 0 Å². The molecule has 1 aliphatic heterocycles. The molecule has 0 amide bonds. The summed E-state index contributed by atoms with van der Waals surface area (Å²) in [6.07, 6.45) is 7.81. The fourth-order valence-corrected chi connectivity index (χ4v) is 3.06. The maximum absolute atomic E-state index is 4.63. The Labute approximate surface area is 119 Å². The van der Waals surface area contributed by atoms with Gasteiger partial charge in [0.15, 0.2) is 23.0 Å². The average molecular weight is 274 g/mol. The first kappa shape index (κ1) is 13.3. The summed E-state index contributed by atoms with van der Waals surface area (Å²) >= 11 is 0. The van der Waals surface area contributed by atoms with Gasteiger partial charge in [0.05, 0.1) is 0 Å². The van der Waals surface area contributed by atoms with Gasteiger partial charge in [-0.2, -0.15) is 0 Å². The van der Waals surface area contributed by atoms with Crippen LogP contribution in [-0.4, -0.2) is 57.1 Å². The van der Waals surface area contributed by atoms with E-state index in [1.165, 1.54) is 0 Å². The third kappa shape index (κ3) is 1.30. The largest absolute Gasteiger partial charge is 0.306 e. The summed E-state index contributed by atoms with van der Waals surface area (Å²) in [5.74, 6) is 2.04. The molecule has 20 heavy (non-hydrogen) atoms. The van der Waals surface area contributed by atoms with Crippen LogP contribution in [0.3, 0.4) is 0 Å². The molecule has 2 atom stereocenters. The molecule has 6 nitrogen and oxygen atoms in total. The van der Waals surface area contributed by atoms with E-state index in [-0.39, 0.29) is 11.3 Å². The van der Waals surface area contributed by atoms with Crippen LogP contribution in [0, 0.1) is 0 Å². The standard InChI is InChI=1S/C14H22N6/c1-13(17(3)4)11-15-8-10-20(11)14(2,18(5)6)12-16-7-9-19(12)13/h7-10H,1-6H3. The van der Waals surface area contributed by atoms with Crippen molar-refractivity contribution in [1.82, 2.24) is 28.9 Å². The molecule has 3 rings (SSSR count). The van der Waals surface area contributed by atoms with Gasteiger partial charge < -0.3 is 9.13 Å². The summed E-state index contributed by atoms with van der Waals surface area (Å²) in [6.45, 7) is 4.35. The lowest BCUT2D eigenvalue weighted by atomic mass is 10.0. The summed E-state index contributed by atoms with van der Waals surface area (Å²) in [4.78, 5) is 13.6. The molecule has 0 saturated carbocycles. The summed E-state index contributed by atoms with van der Waals surface area (Å²) in [5.41, 5.74) is -0.685. The minimum atomic E-state index is -0.342. The number of nitrogens with zero attached hydrogens (tertiary/aromatic N) is 6. The van der Waals surface area contributed by atoms with E-state index in [9.17, 15) is 0 Å². The molecule has 2 unspecified atom stereocenters. The Morgan fingerprint density at radius 1 is 0.800 bits per heavy atom. The van der Waals surface area contributed by atoms with Crippen molar-refractivity contribution in [2.24, 2.45) is 0 Å². The van der Waals surface area contributed by atoms with Crippen molar-refractivity contribution in [2.45, 2.75) is 25.2 Å². The van der Waals surface area contributed by atoms with Crippen LogP contribution in [0.5, 0.6) is 0 Å². The van der Waals surface area contributed by atoms with Gasteiger partial charge in [-0.15, -0.1) is 0 Å². The van der Waals surface area contributed by atoms with Crippen molar-refractivity contribution < 1.29 is 0 Å². The highest BCUT2D eigenvalue weighted by atomic mass is 15.5. The molecule has 108 valence electrons. The highest BCUT2D eigenvalue weighted by Crippen LogP contribution is 2.41. The number of fused-ring (bicyclic) bond motifs is 2. The first-order valence-corrected chi connectivity index (χ1v) is 6.78. The predicted molar refractivity (Wildman–Crippen MR) is 77.3 cm³/mol.